The quantitative estimate of drug-likeness (QED) is 0.908. The van der Waals surface area contributed by atoms with Crippen LogP contribution in [0, 0.1) is 18.6 Å². The van der Waals surface area contributed by atoms with Gasteiger partial charge in [0.05, 0.1) is 17.8 Å². The van der Waals surface area contributed by atoms with Crippen molar-refractivity contribution in [2.24, 2.45) is 0 Å². The summed E-state index contributed by atoms with van der Waals surface area (Å²) in [5.74, 6) is -2.24. The summed E-state index contributed by atoms with van der Waals surface area (Å²) >= 11 is 0. The summed E-state index contributed by atoms with van der Waals surface area (Å²) < 4.78 is 31.9. The van der Waals surface area contributed by atoms with Gasteiger partial charge in [0, 0.05) is 6.07 Å². The van der Waals surface area contributed by atoms with Gasteiger partial charge in [-0.3, -0.25) is 9.59 Å². The zero-order chi connectivity index (χ0) is 17.3. The van der Waals surface area contributed by atoms with Crippen LogP contribution in [0.2, 0.25) is 0 Å². The molecular formula is C17H14F2N2O3. The molecule has 3 rings (SSSR count). The van der Waals surface area contributed by atoms with Gasteiger partial charge < -0.3 is 15.4 Å². The van der Waals surface area contributed by atoms with Crippen LogP contribution in [0.3, 0.4) is 0 Å². The Morgan fingerprint density at radius 1 is 1.25 bits per heavy atom. The summed E-state index contributed by atoms with van der Waals surface area (Å²) in [6.45, 7) is 1.88. The van der Waals surface area contributed by atoms with Crippen molar-refractivity contribution in [2.75, 3.05) is 10.6 Å². The van der Waals surface area contributed by atoms with E-state index < -0.39 is 29.6 Å². The SMILES string of the molecule is Cc1ccc2c(c1)NC(=O)C(CC(=O)Nc1ccc(F)cc1F)O2. The van der Waals surface area contributed by atoms with Crippen LogP contribution in [0.15, 0.2) is 36.4 Å². The molecule has 0 saturated heterocycles. The maximum atomic E-state index is 13.5. The van der Waals surface area contributed by atoms with Crippen LogP contribution in [0.5, 0.6) is 5.75 Å². The number of amides is 2. The third-order valence-corrected chi connectivity index (χ3v) is 3.53. The second-order valence-corrected chi connectivity index (χ2v) is 5.47. The zero-order valence-electron chi connectivity index (χ0n) is 12.7. The highest BCUT2D eigenvalue weighted by atomic mass is 19.1. The van der Waals surface area contributed by atoms with Gasteiger partial charge >= 0.3 is 0 Å². The van der Waals surface area contributed by atoms with Crippen molar-refractivity contribution in [1.82, 2.24) is 0 Å². The monoisotopic (exact) mass is 332 g/mol. The van der Waals surface area contributed by atoms with Crippen molar-refractivity contribution in [2.45, 2.75) is 19.4 Å². The summed E-state index contributed by atoms with van der Waals surface area (Å²) in [4.78, 5) is 24.0. The molecule has 1 aliphatic rings. The first-order valence-corrected chi connectivity index (χ1v) is 7.25. The molecule has 1 aliphatic heterocycles. The molecule has 1 atom stereocenters. The van der Waals surface area contributed by atoms with E-state index in [1.807, 2.05) is 13.0 Å². The molecule has 0 fully saturated rings. The van der Waals surface area contributed by atoms with E-state index in [4.69, 9.17) is 4.74 Å². The molecule has 0 saturated carbocycles. The van der Waals surface area contributed by atoms with Crippen LogP contribution in [0.1, 0.15) is 12.0 Å². The molecule has 0 bridgehead atoms. The van der Waals surface area contributed by atoms with Crippen LogP contribution < -0.4 is 15.4 Å². The lowest BCUT2D eigenvalue weighted by atomic mass is 10.1. The normalized spacial score (nSPS) is 16.0. The fraction of sp³-hybridized carbons (Fsp3) is 0.176. The Labute approximate surface area is 136 Å². The Kier molecular flexibility index (Phi) is 4.16. The van der Waals surface area contributed by atoms with Crippen molar-refractivity contribution in [3.05, 3.63) is 53.6 Å². The van der Waals surface area contributed by atoms with Gasteiger partial charge in [-0.1, -0.05) is 6.07 Å². The van der Waals surface area contributed by atoms with Crippen molar-refractivity contribution in [3.63, 3.8) is 0 Å². The maximum Gasteiger partial charge on any atom is 0.266 e. The lowest BCUT2D eigenvalue weighted by Gasteiger charge is -2.25. The van der Waals surface area contributed by atoms with E-state index in [0.29, 0.717) is 17.5 Å². The van der Waals surface area contributed by atoms with E-state index in [9.17, 15) is 18.4 Å². The van der Waals surface area contributed by atoms with Gasteiger partial charge in [0.2, 0.25) is 5.91 Å². The fourth-order valence-corrected chi connectivity index (χ4v) is 2.36. The molecule has 2 amide bonds. The van der Waals surface area contributed by atoms with Crippen molar-refractivity contribution in [1.29, 1.82) is 0 Å². The van der Waals surface area contributed by atoms with Crippen molar-refractivity contribution >= 4 is 23.2 Å². The van der Waals surface area contributed by atoms with Gasteiger partial charge in [0.15, 0.2) is 6.10 Å². The number of halogens is 2. The molecule has 7 heteroatoms. The number of fused-ring (bicyclic) bond motifs is 1. The summed E-state index contributed by atoms with van der Waals surface area (Å²) in [7, 11) is 0. The Morgan fingerprint density at radius 3 is 2.79 bits per heavy atom. The smallest absolute Gasteiger partial charge is 0.266 e. The number of rotatable bonds is 3. The Hall–Kier alpha value is -2.96. The number of nitrogens with one attached hydrogen (secondary N) is 2. The highest BCUT2D eigenvalue weighted by molar-refractivity contribution is 6.02. The van der Waals surface area contributed by atoms with E-state index in [1.54, 1.807) is 12.1 Å². The second kappa shape index (κ2) is 6.27. The number of aryl methyl sites for hydroxylation is 1. The zero-order valence-corrected chi connectivity index (χ0v) is 12.7. The molecule has 1 heterocycles. The van der Waals surface area contributed by atoms with Crippen molar-refractivity contribution in [3.8, 4) is 5.75 Å². The predicted molar refractivity (Wildman–Crippen MR) is 83.8 cm³/mol. The highest BCUT2D eigenvalue weighted by Gasteiger charge is 2.30. The second-order valence-electron chi connectivity index (χ2n) is 5.47. The number of ether oxygens (including phenoxy) is 1. The summed E-state index contributed by atoms with van der Waals surface area (Å²) in [6, 6.07) is 8.09. The van der Waals surface area contributed by atoms with E-state index in [0.717, 1.165) is 17.7 Å². The summed E-state index contributed by atoms with van der Waals surface area (Å²) in [5.41, 5.74) is 1.34. The molecule has 0 spiro atoms. The van der Waals surface area contributed by atoms with Gasteiger partial charge in [-0.15, -0.1) is 0 Å². The molecule has 1 unspecified atom stereocenters. The Bertz CT molecular complexity index is 823. The first-order valence-electron chi connectivity index (χ1n) is 7.25. The summed E-state index contributed by atoms with van der Waals surface area (Å²) in [6.07, 6.45) is -1.32. The van der Waals surface area contributed by atoms with Gasteiger partial charge in [0.1, 0.15) is 17.4 Å². The lowest BCUT2D eigenvalue weighted by Crippen LogP contribution is -2.39. The minimum atomic E-state index is -1.02. The topological polar surface area (TPSA) is 67.4 Å². The third kappa shape index (κ3) is 3.34. The largest absolute Gasteiger partial charge is 0.478 e. The van der Waals surface area contributed by atoms with Crippen molar-refractivity contribution < 1.29 is 23.1 Å². The number of benzene rings is 2. The van der Waals surface area contributed by atoms with Crippen LogP contribution in [0.25, 0.3) is 0 Å². The number of hydrogen-bond acceptors (Lipinski definition) is 3. The Balaban J connectivity index is 1.68. The lowest BCUT2D eigenvalue weighted by molar-refractivity contribution is -0.128. The summed E-state index contributed by atoms with van der Waals surface area (Å²) in [5, 5.41) is 4.97. The van der Waals surface area contributed by atoms with Crippen LogP contribution >= 0.6 is 0 Å². The molecule has 2 aromatic carbocycles. The first kappa shape index (κ1) is 15.9. The first-order chi connectivity index (χ1) is 11.4. The average Bonchev–Trinajstić information content (AvgIpc) is 2.51. The number of anilines is 2. The molecule has 0 radical (unpaired) electrons. The molecule has 0 aliphatic carbocycles. The number of carbonyl (C=O) groups excluding carboxylic acids is 2. The minimum absolute atomic E-state index is 0.159. The molecular weight excluding hydrogens is 318 g/mol. The van der Waals surface area contributed by atoms with Gasteiger partial charge in [-0.05, 0) is 36.8 Å². The molecule has 2 N–H and O–H groups in total. The van der Waals surface area contributed by atoms with Crippen LogP contribution in [-0.4, -0.2) is 17.9 Å². The average molecular weight is 332 g/mol. The third-order valence-electron chi connectivity index (χ3n) is 3.53. The van der Waals surface area contributed by atoms with Crippen LogP contribution in [-0.2, 0) is 9.59 Å². The molecule has 2 aromatic rings. The molecule has 24 heavy (non-hydrogen) atoms. The van der Waals surface area contributed by atoms with E-state index in [-0.39, 0.29) is 12.1 Å². The Morgan fingerprint density at radius 2 is 2.04 bits per heavy atom. The van der Waals surface area contributed by atoms with Crippen LogP contribution in [0.4, 0.5) is 20.2 Å². The number of hydrogen-bond donors (Lipinski definition) is 2. The standard InChI is InChI=1S/C17H14F2N2O3/c1-9-2-5-14-13(6-9)21-17(23)15(24-14)8-16(22)20-12-4-3-10(18)7-11(12)19/h2-7,15H,8H2,1H3,(H,20,22)(H,21,23). The molecule has 124 valence electrons. The molecule has 0 aromatic heterocycles. The minimum Gasteiger partial charge on any atom is -0.478 e. The number of carbonyl (C=O) groups is 2. The van der Waals surface area contributed by atoms with Gasteiger partial charge in [-0.25, -0.2) is 8.78 Å². The van der Waals surface area contributed by atoms with Gasteiger partial charge in [-0.2, -0.15) is 0 Å². The predicted octanol–water partition coefficient (Wildman–Crippen LogP) is 3.00. The van der Waals surface area contributed by atoms with E-state index in [1.165, 1.54) is 0 Å². The van der Waals surface area contributed by atoms with E-state index >= 15 is 0 Å². The van der Waals surface area contributed by atoms with Gasteiger partial charge in [0.25, 0.3) is 5.91 Å². The van der Waals surface area contributed by atoms with E-state index in [2.05, 4.69) is 10.6 Å². The fourth-order valence-electron chi connectivity index (χ4n) is 2.36. The highest BCUT2D eigenvalue weighted by Crippen LogP contribution is 2.31. The molecule has 5 nitrogen and oxygen atoms in total. The maximum absolute atomic E-state index is 13.5.